The van der Waals surface area contributed by atoms with E-state index in [0.29, 0.717) is 37.9 Å². The molecule has 2 heterocycles. The third-order valence-corrected chi connectivity index (χ3v) is 11.9. The maximum absolute atomic E-state index is 15.0. The van der Waals surface area contributed by atoms with Crippen molar-refractivity contribution in [3.8, 4) is 5.75 Å². The number of ether oxygens (including phenoxy) is 1. The highest BCUT2D eigenvalue weighted by Crippen LogP contribution is 2.54. The monoisotopic (exact) mass is 584 g/mol. The fraction of sp³-hybridized carbons (Fsp3) is 0.400. The van der Waals surface area contributed by atoms with Gasteiger partial charge < -0.3 is 14.7 Å². The van der Waals surface area contributed by atoms with Crippen LogP contribution in [0.3, 0.4) is 0 Å². The number of nitrogens with zero attached hydrogens (tertiary/aromatic N) is 3. The van der Waals surface area contributed by atoms with E-state index in [9.17, 15) is 18.3 Å². The molecule has 2 aliphatic rings. The van der Waals surface area contributed by atoms with E-state index in [-0.39, 0.29) is 31.0 Å². The molecule has 1 aliphatic carbocycles. The number of hydrogen-bond acceptors (Lipinski definition) is 6. The summed E-state index contributed by atoms with van der Waals surface area (Å²) in [6, 6.07) is 13.6. The fourth-order valence-corrected chi connectivity index (χ4v) is 9.53. The van der Waals surface area contributed by atoms with Gasteiger partial charge in [0.1, 0.15) is 22.7 Å². The van der Waals surface area contributed by atoms with Gasteiger partial charge in [0.05, 0.1) is 12.1 Å². The van der Waals surface area contributed by atoms with Crippen molar-refractivity contribution in [2.75, 3.05) is 25.0 Å². The van der Waals surface area contributed by atoms with Gasteiger partial charge in [-0.25, -0.2) is 8.68 Å². The Kier molecular flexibility index (Phi) is 7.35. The average Bonchev–Trinajstić information content (AvgIpc) is 3.18. The van der Waals surface area contributed by atoms with Crippen LogP contribution >= 0.6 is 11.6 Å². The van der Waals surface area contributed by atoms with Crippen molar-refractivity contribution in [2.24, 2.45) is 0 Å². The minimum absolute atomic E-state index is 0.153. The van der Waals surface area contributed by atoms with Gasteiger partial charge in [-0.05, 0) is 53.8 Å². The summed E-state index contributed by atoms with van der Waals surface area (Å²) >= 11 is 6.62. The van der Waals surface area contributed by atoms with Crippen molar-refractivity contribution in [3.63, 3.8) is 0 Å². The zero-order valence-corrected chi connectivity index (χ0v) is 24.7. The molecule has 1 N–H and O–H groups in total. The summed E-state index contributed by atoms with van der Waals surface area (Å²) in [6.45, 7) is 7.39. The molecule has 0 saturated carbocycles. The summed E-state index contributed by atoms with van der Waals surface area (Å²) in [5.74, 6) is 0.180. The van der Waals surface area contributed by atoms with Gasteiger partial charge in [0.2, 0.25) is 0 Å². The zero-order chi connectivity index (χ0) is 28.9. The van der Waals surface area contributed by atoms with E-state index in [0.717, 1.165) is 16.8 Å². The Morgan fingerprint density at radius 2 is 1.80 bits per heavy atom. The van der Waals surface area contributed by atoms with E-state index >= 15 is 0 Å². The van der Waals surface area contributed by atoms with Gasteiger partial charge in [0.25, 0.3) is 0 Å². The van der Waals surface area contributed by atoms with Crippen LogP contribution in [0.25, 0.3) is 0 Å². The highest BCUT2D eigenvalue weighted by atomic mass is 35.5. The molecule has 0 amide bonds. The minimum Gasteiger partial charge on any atom is -0.449 e. The predicted octanol–water partition coefficient (Wildman–Crippen LogP) is 6.33. The lowest BCUT2D eigenvalue weighted by Gasteiger charge is -2.48. The number of piperidine rings is 1. The second kappa shape index (κ2) is 10.4. The lowest BCUT2D eigenvalue weighted by atomic mass is 9.86. The van der Waals surface area contributed by atoms with E-state index in [1.165, 1.54) is 0 Å². The summed E-state index contributed by atoms with van der Waals surface area (Å²) < 4.78 is 34.7. The van der Waals surface area contributed by atoms with Gasteiger partial charge in [0.15, 0.2) is 0 Å². The third kappa shape index (κ3) is 4.74. The molecule has 1 aromatic heterocycles. The van der Waals surface area contributed by atoms with Crippen LogP contribution in [0.15, 0.2) is 65.8 Å². The number of rotatable bonds is 6. The van der Waals surface area contributed by atoms with Crippen molar-refractivity contribution in [1.29, 1.82) is 0 Å². The second-order valence-corrected chi connectivity index (χ2v) is 14.1. The summed E-state index contributed by atoms with van der Waals surface area (Å²) in [5, 5.41) is 9.47. The number of fused-ring (bicyclic) bond motifs is 1. The third-order valence-electron chi connectivity index (χ3n) is 8.80. The van der Waals surface area contributed by atoms with Crippen LogP contribution in [0.2, 0.25) is 5.02 Å². The number of pyridine rings is 1. The van der Waals surface area contributed by atoms with Crippen LogP contribution in [0.1, 0.15) is 55.8 Å². The Balaban J connectivity index is 1.65. The average molecular weight is 585 g/mol. The Labute approximate surface area is 240 Å². The molecule has 1 aliphatic heterocycles. The van der Waals surface area contributed by atoms with Crippen molar-refractivity contribution < 1.29 is 26.9 Å². The maximum Gasteiger partial charge on any atom is 0.511 e. The molecule has 212 valence electrons. The number of aryl methyl sites for hydroxylation is 1. The lowest BCUT2D eigenvalue weighted by molar-refractivity contribution is -0.847. The molecule has 40 heavy (non-hydrogen) atoms. The normalized spacial score (nSPS) is 20.5. The zero-order valence-electron chi connectivity index (χ0n) is 23.2. The fourth-order valence-electron chi connectivity index (χ4n) is 6.71. The SMILES string of the molecule is Cc1cccc(Cl)c1S(=O)(=O)[N+](C)(C1CCN(c2ccncc2)CC1)C1CC(C)(C)c2ccc(OC(=O)O)cc21. The van der Waals surface area contributed by atoms with E-state index < -0.39 is 22.2 Å². The molecule has 10 heteroatoms. The standard InChI is InChI=1S/C30H34ClN3O5S/c1-20-6-5-7-26(31)28(20)40(37,38)34(4,22-12-16-33(17-13-22)21-10-14-32-15-11-21)27-19-30(2,3)25-9-8-23(18-24(25)27)39-29(35)36/h5-11,14-15,18,22,27H,12-13,16-17,19H2,1-4H3/p+1. The first kappa shape index (κ1) is 28.4. The molecule has 3 aromatic rings. The quantitative estimate of drug-likeness (QED) is 0.205. The molecule has 5 rings (SSSR count). The summed E-state index contributed by atoms with van der Waals surface area (Å²) in [4.78, 5) is 17.9. The van der Waals surface area contributed by atoms with Crippen molar-refractivity contribution in [3.05, 3.63) is 82.6 Å². The van der Waals surface area contributed by atoms with Crippen molar-refractivity contribution in [1.82, 2.24) is 4.98 Å². The number of anilines is 1. The second-order valence-electron chi connectivity index (χ2n) is 11.6. The summed E-state index contributed by atoms with van der Waals surface area (Å²) in [6.07, 6.45) is 4.00. The van der Waals surface area contributed by atoms with Crippen molar-refractivity contribution >= 4 is 33.5 Å². The molecular weight excluding hydrogens is 550 g/mol. The van der Waals surface area contributed by atoms with Gasteiger partial charge in [-0.2, -0.15) is 8.42 Å². The van der Waals surface area contributed by atoms with Crippen LogP contribution in [0.4, 0.5) is 10.5 Å². The van der Waals surface area contributed by atoms with Gasteiger partial charge in [0, 0.05) is 56.0 Å². The summed E-state index contributed by atoms with van der Waals surface area (Å²) in [5.41, 5.74) is 3.14. The molecule has 0 radical (unpaired) electrons. The number of hydrogen-bond donors (Lipinski definition) is 1. The topological polar surface area (TPSA) is 96.8 Å². The van der Waals surface area contributed by atoms with Crippen LogP contribution < -0.4 is 9.64 Å². The molecule has 0 spiro atoms. The first-order chi connectivity index (χ1) is 18.9. The van der Waals surface area contributed by atoms with Gasteiger partial charge in [-0.3, -0.25) is 4.98 Å². The molecule has 0 bridgehead atoms. The molecule has 2 atom stereocenters. The Hall–Kier alpha value is -3.14. The number of carbonyl (C=O) groups is 1. The number of carboxylic acid groups (broad SMARTS) is 1. The highest BCUT2D eigenvalue weighted by Gasteiger charge is 2.58. The van der Waals surface area contributed by atoms with E-state index in [1.54, 1.807) is 49.6 Å². The maximum atomic E-state index is 15.0. The van der Waals surface area contributed by atoms with Gasteiger partial charge >= 0.3 is 16.2 Å². The van der Waals surface area contributed by atoms with Crippen LogP contribution in [-0.4, -0.2) is 54.7 Å². The van der Waals surface area contributed by atoms with E-state index in [2.05, 4.69) is 23.7 Å². The van der Waals surface area contributed by atoms with E-state index in [4.69, 9.17) is 16.3 Å². The highest BCUT2D eigenvalue weighted by molar-refractivity contribution is 7.86. The van der Waals surface area contributed by atoms with E-state index in [1.807, 2.05) is 25.2 Å². The van der Waals surface area contributed by atoms with Gasteiger partial charge in [-0.15, -0.1) is 0 Å². The largest absolute Gasteiger partial charge is 0.511 e. The minimum atomic E-state index is -4.04. The molecular formula is C30H35ClN3O5S+. The summed E-state index contributed by atoms with van der Waals surface area (Å²) in [7, 11) is -2.21. The van der Waals surface area contributed by atoms with Gasteiger partial charge in [-0.1, -0.05) is 43.6 Å². The molecule has 2 unspecified atom stereocenters. The Morgan fingerprint density at radius 3 is 2.42 bits per heavy atom. The lowest BCUT2D eigenvalue weighted by Crippen LogP contribution is -2.60. The smallest absolute Gasteiger partial charge is 0.449 e. The first-order valence-electron chi connectivity index (χ1n) is 13.4. The number of sulfonamides is 1. The van der Waals surface area contributed by atoms with Crippen molar-refractivity contribution in [2.45, 2.75) is 62.4 Å². The predicted molar refractivity (Wildman–Crippen MR) is 155 cm³/mol. The number of aromatic nitrogens is 1. The number of quaternary nitrogens is 1. The molecule has 1 fully saturated rings. The Morgan fingerprint density at radius 1 is 1.12 bits per heavy atom. The number of halogens is 1. The molecule has 8 nitrogen and oxygen atoms in total. The molecule has 1 saturated heterocycles. The van der Waals surface area contributed by atoms with Crippen LogP contribution in [-0.2, 0) is 15.4 Å². The van der Waals surface area contributed by atoms with Crippen LogP contribution in [0, 0.1) is 6.92 Å². The Bertz CT molecular complexity index is 1520. The molecule has 2 aromatic carbocycles. The van der Waals surface area contributed by atoms with Crippen LogP contribution in [0.5, 0.6) is 5.75 Å². The number of benzene rings is 2. The first-order valence-corrected chi connectivity index (χ1v) is 15.2.